The summed E-state index contributed by atoms with van der Waals surface area (Å²) in [5.41, 5.74) is 2.58. The maximum atomic E-state index is 14.3. The summed E-state index contributed by atoms with van der Waals surface area (Å²) in [6, 6.07) is 20.3. The number of ether oxygens (including phenoxy) is 3. The number of benzene rings is 3. The van der Waals surface area contributed by atoms with Gasteiger partial charge in [0.15, 0.2) is 11.4 Å². The van der Waals surface area contributed by atoms with Crippen molar-refractivity contribution in [3.05, 3.63) is 116 Å². The largest absolute Gasteiger partial charge is 0.480 e. The number of hydrogen-bond acceptors (Lipinski definition) is 9. The van der Waals surface area contributed by atoms with Crippen molar-refractivity contribution in [2.45, 2.75) is 24.8 Å². The van der Waals surface area contributed by atoms with E-state index in [2.05, 4.69) is 45.2 Å². The molecule has 1 aromatic heterocycles. The maximum Gasteiger partial charge on any atom is 0.344 e. The van der Waals surface area contributed by atoms with Crippen molar-refractivity contribution in [3.63, 3.8) is 0 Å². The average Bonchev–Trinajstić information content (AvgIpc) is 3.34. The molecule has 1 aliphatic rings. The summed E-state index contributed by atoms with van der Waals surface area (Å²) < 4.78 is 20.2. The average molecular weight is 867 g/mol. The quantitative estimate of drug-likeness (QED) is 0.113. The highest BCUT2D eigenvalue weighted by molar-refractivity contribution is 14.1. The summed E-state index contributed by atoms with van der Waals surface area (Å²) in [4.78, 5) is 46.5. The number of aromatic nitrogens is 1. The fraction of sp³-hybridized carbons (Fsp3) is 0.212. The number of rotatable bonds is 10. The van der Waals surface area contributed by atoms with Gasteiger partial charge < -0.3 is 14.2 Å². The number of carbonyl (C=O) groups is 2. The molecule has 232 valence electrons. The zero-order valence-electron chi connectivity index (χ0n) is 24.5. The van der Waals surface area contributed by atoms with Gasteiger partial charge in [-0.25, -0.2) is 14.6 Å². The highest BCUT2D eigenvalue weighted by Gasteiger charge is 2.35. The monoisotopic (exact) mass is 866 g/mol. The molecule has 3 aromatic carbocycles. The van der Waals surface area contributed by atoms with Gasteiger partial charge in [0.2, 0.25) is 0 Å². The van der Waals surface area contributed by atoms with Gasteiger partial charge in [-0.15, -0.1) is 11.8 Å². The number of hydrogen-bond donors (Lipinski definition) is 0. The molecule has 1 aliphatic heterocycles. The van der Waals surface area contributed by atoms with E-state index < -0.39 is 18.0 Å². The number of thiazole rings is 1. The standard InChI is InChI=1S/C33H28I2N2O6S2/c1-4-41-26(38)18-43-30-21(15-22(34)17-24(30)35)16-25-31(39)37-29(20-11-13-23(44-3)14-12-20)27(32(40)42-5-2)28(36-33(37)45-25)19-9-7-6-8-10-19/h6-17,29H,4-5,18H2,1-3H3/b25-16-/t29-/m0/s1. The highest BCUT2D eigenvalue weighted by Crippen LogP contribution is 2.36. The summed E-state index contributed by atoms with van der Waals surface area (Å²) in [6.07, 6.45) is 3.74. The first kappa shape index (κ1) is 33.4. The van der Waals surface area contributed by atoms with Crippen LogP contribution in [-0.4, -0.2) is 42.6 Å². The number of fused-ring (bicyclic) bond motifs is 1. The highest BCUT2D eigenvalue weighted by atomic mass is 127. The predicted octanol–water partition coefficient (Wildman–Crippen LogP) is 5.81. The molecule has 1 atom stereocenters. The number of esters is 2. The Morgan fingerprint density at radius 1 is 1.02 bits per heavy atom. The zero-order valence-corrected chi connectivity index (χ0v) is 30.5. The van der Waals surface area contributed by atoms with Gasteiger partial charge in [-0.1, -0.05) is 53.8 Å². The van der Waals surface area contributed by atoms with Gasteiger partial charge in [0.25, 0.3) is 5.56 Å². The van der Waals surface area contributed by atoms with Gasteiger partial charge in [-0.2, -0.15) is 0 Å². The molecule has 0 saturated heterocycles. The Morgan fingerprint density at radius 2 is 1.73 bits per heavy atom. The Balaban J connectivity index is 1.76. The third-order valence-electron chi connectivity index (χ3n) is 6.77. The zero-order chi connectivity index (χ0) is 32.1. The van der Waals surface area contributed by atoms with Gasteiger partial charge in [-0.3, -0.25) is 9.36 Å². The van der Waals surface area contributed by atoms with Crippen molar-refractivity contribution < 1.29 is 23.8 Å². The van der Waals surface area contributed by atoms with Crippen LogP contribution in [-0.2, 0) is 19.1 Å². The molecule has 0 radical (unpaired) electrons. The van der Waals surface area contributed by atoms with E-state index in [1.807, 2.05) is 73.0 Å². The molecule has 0 amide bonds. The van der Waals surface area contributed by atoms with Crippen LogP contribution in [0.2, 0.25) is 0 Å². The molecule has 0 N–H and O–H groups in total. The molecule has 8 nitrogen and oxygen atoms in total. The smallest absolute Gasteiger partial charge is 0.344 e. The van der Waals surface area contributed by atoms with Crippen LogP contribution in [0.3, 0.4) is 0 Å². The Labute approximate surface area is 295 Å². The van der Waals surface area contributed by atoms with Crippen molar-refractivity contribution >= 4 is 92.0 Å². The van der Waals surface area contributed by atoms with E-state index in [4.69, 9.17) is 19.2 Å². The van der Waals surface area contributed by atoms with Crippen LogP contribution in [0.15, 0.2) is 87.0 Å². The van der Waals surface area contributed by atoms with E-state index in [-0.39, 0.29) is 25.4 Å². The minimum Gasteiger partial charge on any atom is -0.480 e. The molecule has 0 aliphatic carbocycles. The molecule has 0 spiro atoms. The molecule has 45 heavy (non-hydrogen) atoms. The van der Waals surface area contributed by atoms with E-state index in [1.165, 1.54) is 11.3 Å². The van der Waals surface area contributed by atoms with Gasteiger partial charge in [-0.05, 0) is 101 Å². The first-order valence-corrected chi connectivity index (χ1v) is 18.1. The van der Waals surface area contributed by atoms with Crippen LogP contribution < -0.4 is 19.6 Å². The van der Waals surface area contributed by atoms with Gasteiger partial charge in [0, 0.05) is 19.6 Å². The summed E-state index contributed by atoms with van der Waals surface area (Å²) >= 11 is 7.19. The lowest BCUT2D eigenvalue weighted by molar-refractivity contribution is -0.145. The second-order valence-corrected chi connectivity index (χ2v) is 13.9. The van der Waals surface area contributed by atoms with Gasteiger partial charge >= 0.3 is 11.9 Å². The topological polar surface area (TPSA) is 96.2 Å². The molecule has 0 bridgehead atoms. The third-order valence-corrected chi connectivity index (χ3v) is 9.92. The Hall–Kier alpha value is -2.95. The lowest BCUT2D eigenvalue weighted by atomic mass is 9.93. The summed E-state index contributed by atoms with van der Waals surface area (Å²) in [7, 11) is 0. The predicted molar refractivity (Wildman–Crippen MR) is 193 cm³/mol. The minimum absolute atomic E-state index is 0.173. The van der Waals surface area contributed by atoms with Crippen LogP contribution in [0.4, 0.5) is 0 Å². The number of thioether (sulfide) groups is 1. The first-order chi connectivity index (χ1) is 21.7. The molecule has 5 rings (SSSR count). The third kappa shape index (κ3) is 7.39. The van der Waals surface area contributed by atoms with Crippen LogP contribution in [0.1, 0.15) is 36.6 Å². The van der Waals surface area contributed by atoms with Crippen LogP contribution >= 0.6 is 68.3 Å². The van der Waals surface area contributed by atoms with E-state index >= 15 is 0 Å². The molecule has 0 unspecified atom stereocenters. The van der Waals surface area contributed by atoms with E-state index in [0.29, 0.717) is 31.9 Å². The van der Waals surface area contributed by atoms with Crippen molar-refractivity contribution in [1.29, 1.82) is 0 Å². The molecule has 0 fully saturated rings. The van der Waals surface area contributed by atoms with Crippen molar-refractivity contribution in [2.24, 2.45) is 4.99 Å². The maximum absolute atomic E-state index is 14.3. The molecule has 4 aromatic rings. The lowest BCUT2D eigenvalue weighted by Crippen LogP contribution is -2.40. The number of nitrogens with zero attached hydrogens (tertiary/aromatic N) is 2. The fourth-order valence-corrected chi connectivity index (χ4v) is 8.30. The molecule has 2 heterocycles. The van der Waals surface area contributed by atoms with Crippen molar-refractivity contribution in [3.8, 4) is 5.75 Å². The normalized spacial score (nSPS) is 14.5. The molecule has 0 saturated carbocycles. The molecular formula is C33H28I2N2O6S2. The number of halogens is 2. The van der Waals surface area contributed by atoms with Gasteiger partial charge in [0.05, 0.1) is 38.6 Å². The van der Waals surface area contributed by atoms with E-state index in [1.54, 1.807) is 36.3 Å². The fourth-order valence-electron chi connectivity index (χ4n) is 4.86. The SMILES string of the molecule is CCOC(=O)COc1c(I)cc(I)cc1/C=c1\sc2n(c1=O)[C@@H](c1ccc(SC)cc1)C(C(=O)OCC)=C(c1ccccc1)N=2. The Bertz CT molecular complexity index is 1950. The van der Waals surface area contributed by atoms with E-state index in [0.717, 1.165) is 23.2 Å². The minimum atomic E-state index is -0.774. The van der Waals surface area contributed by atoms with Crippen LogP contribution in [0, 0.1) is 7.14 Å². The summed E-state index contributed by atoms with van der Waals surface area (Å²) in [5.74, 6) is -0.545. The molecular weight excluding hydrogens is 838 g/mol. The van der Waals surface area contributed by atoms with E-state index in [9.17, 15) is 14.4 Å². The van der Waals surface area contributed by atoms with Crippen molar-refractivity contribution in [2.75, 3.05) is 26.1 Å². The molecule has 12 heteroatoms. The Morgan fingerprint density at radius 3 is 2.40 bits per heavy atom. The second-order valence-electron chi connectivity index (χ2n) is 9.60. The van der Waals surface area contributed by atoms with Crippen LogP contribution in [0.25, 0.3) is 11.8 Å². The second kappa shape index (κ2) is 15.1. The summed E-state index contributed by atoms with van der Waals surface area (Å²) in [6.45, 7) is 3.65. The van der Waals surface area contributed by atoms with Crippen LogP contribution in [0.5, 0.6) is 5.75 Å². The Kier molecular flexibility index (Phi) is 11.2. The first-order valence-electron chi connectivity index (χ1n) is 14.0. The van der Waals surface area contributed by atoms with Gasteiger partial charge in [0.1, 0.15) is 5.75 Å². The number of carbonyl (C=O) groups excluding carboxylic acids is 2. The lowest BCUT2D eigenvalue weighted by Gasteiger charge is -2.26. The summed E-state index contributed by atoms with van der Waals surface area (Å²) in [5, 5.41) is 0. The van der Waals surface area contributed by atoms with Crippen molar-refractivity contribution in [1.82, 2.24) is 4.57 Å².